The number of nitrogens with zero attached hydrogens (tertiary/aromatic N) is 2. The minimum Gasteiger partial charge on any atom is -0.337 e. The third-order valence-corrected chi connectivity index (χ3v) is 5.56. The molecule has 0 aliphatic rings. The van der Waals surface area contributed by atoms with Gasteiger partial charge in [-0.3, -0.25) is 10.1 Å². The molecule has 0 fully saturated rings. The number of carbonyl (C=O) groups is 1. The Balaban J connectivity index is 2.07. The molecule has 0 saturated carbocycles. The summed E-state index contributed by atoms with van der Waals surface area (Å²) in [5, 5.41) is 4.80. The number of thiazole rings is 1. The zero-order chi connectivity index (χ0) is 17.4. The van der Waals surface area contributed by atoms with Gasteiger partial charge in [0.2, 0.25) is 0 Å². The number of nitrogens with one attached hydrogen (secondary N) is 1. The van der Waals surface area contributed by atoms with Crippen molar-refractivity contribution in [3.05, 3.63) is 45.6 Å². The largest absolute Gasteiger partial charge is 0.337 e. The van der Waals surface area contributed by atoms with E-state index in [1.165, 1.54) is 16.9 Å². The zero-order valence-corrected chi connectivity index (χ0v) is 15.7. The van der Waals surface area contributed by atoms with Crippen LogP contribution in [0.4, 0.5) is 5.13 Å². The van der Waals surface area contributed by atoms with Gasteiger partial charge in [-0.1, -0.05) is 13.0 Å². The molecule has 0 atom stereocenters. The van der Waals surface area contributed by atoms with Crippen molar-refractivity contribution >= 4 is 33.3 Å². The van der Waals surface area contributed by atoms with Crippen LogP contribution in [0.3, 0.4) is 0 Å². The van der Waals surface area contributed by atoms with Crippen LogP contribution in [0.25, 0.3) is 10.9 Å². The fourth-order valence-electron chi connectivity index (χ4n) is 3.09. The maximum Gasteiger partial charge on any atom is 0.274 e. The first-order valence-electron chi connectivity index (χ1n) is 8.33. The van der Waals surface area contributed by atoms with E-state index in [9.17, 15) is 4.79 Å². The molecule has 126 valence electrons. The average Bonchev–Trinajstić information content (AvgIpc) is 3.03. The summed E-state index contributed by atoms with van der Waals surface area (Å²) in [6.45, 7) is 11.0. The van der Waals surface area contributed by atoms with E-state index in [4.69, 9.17) is 0 Å². The molecule has 4 nitrogen and oxygen atoms in total. The SMILES string of the molecule is CCc1ccc2c(c1)c(C)c(C(=O)Nc1nc(C)c(C)s1)n2CC. The van der Waals surface area contributed by atoms with Crippen LogP contribution in [-0.2, 0) is 13.0 Å². The van der Waals surface area contributed by atoms with Crippen molar-refractivity contribution in [3.8, 4) is 0 Å². The Bertz CT molecular complexity index is 901. The predicted molar refractivity (Wildman–Crippen MR) is 101 cm³/mol. The van der Waals surface area contributed by atoms with Gasteiger partial charge < -0.3 is 4.57 Å². The van der Waals surface area contributed by atoms with Crippen LogP contribution in [-0.4, -0.2) is 15.5 Å². The Morgan fingerprint density at radius 2 is 2.00 bits per heavy atom. The maximum atomic E-state index is 12.9. The van der Waals surface area contributed by atoms with E-state index in [0.717, 1.165) is 45.7 Å². The van der Waals surface area contributed by atoms with Gasteiger partial charge >= 0.3 is 0 Å². The van der Waals surface area contributed by atoms with Crippen LogP contribution in [0.1, 0.15) is 46.0 Å². The maximum absolute atomic E-state index is 12.9. The number of aryl methyl sites for hydroxylation is 5. The summed E-state index contributed by atoms with van der Waals surface area (Å²) in [6.07, 6.45) is 0.992. The number of amides is 1. The number of aromatic nitrogens is 2. The van der Waals surface area contributed by atoms with E-state index in [2.05, 4.69) is 46.9 Å². The predicted octanol–water partition coefficient (Wildman–Crippen LogP) is 4.86. The third kappa shape index (κ3) is 2.73. The fourth-order valence-corrected chi connectivity index (χ4v) is 3.90. The zero-order valence-electron chi connectivity index (χ0n) is 14.9. The van der Waals surface area contributed by atoms with Crippen LogP contribution in [0.2, 0.25) is 0 Å². The molecule has 0 spiro atoms. The van der Waals surface area contributed by atoms with Crippen LogP contribution in [0.15, 0.2) is 18.2 Å². The van der Waals surface area contributed by atoms with Crippen LogP contribution in [0.5, 0.6) is 0 Å². The molecule has 1 aromatic carbocycles. The Morgan fingerprint density at radius 1 is 1.25 bits per heavy atom. The molecular weight excluding hydrogens is 318 g/mol. The molecule has 3 rings (SSSR count). The highest BCUT2D eigenvalue weighted by Crippen LogP contribution is 2.28. The van der Waals surface area contributed by atoms with Gasteiger partial charge in [0.15, 0.2) is 5.13 Å². The Morgan fingerprint density at radius 3 is 2.58 bits per heavy atom. The molecule has 0 radical (unpaired) electrons. The number of carbonyl (C=O) groups excluding carboxylic acids is 1. The van der Waals surface area contributed by atoms with E-state index >= 15 is 0 Å². The second-order valence-electron chi connectivity index (χ2n) is 6.04. The highest BCUT2D eigenvalue weighted by molar-refractivity contribution is 7.15. The Labute approximate surface area is 146 Å². The summed E-state index contributed by atoms with van der Waals surface area (Å²) in [5.41, 5.74) is 5.13. The van der Waals surface area contributed by atoms with Crippen LogP contribution >= 0.6 is 11.3 Å². The van der Waals surface area contributed by atoms with Crippen molar-refractivity contribution in [1.82, 2.24) is 9.55 Å². The van der Waals surface area contributed by atoms with Gasteiger partial charge in [0.1, 0.15) is 5.69 Å². The average molecular weight is 341 g/mol. The molecule has 0 aliphatic heterocycles. The number of rotatable bonds is 4. The first kappa shape index (κ1) is 16.7. The molecule has 24 heavy (non-hydrogen) atoms. The summed E-state index contributed by atoms with van der Waals surface area (Å²) in [5.74, 6) is -0.0858. The highest BCUT2D eigenvalue weighted by atomic mass is 32.1. The van der Waals surface area contributed by atoms with Crippen molar-refractivity contribution in [2.45, 2.75) is 47.6 Å². The second-order valence-corrected chi connectivity index (χ2v) is 7.24. The van der Waals surface area contributed by atoms with Crippen molar-refractivity contribution < 1.29 is 4.79 Å². The summed E-state index contributed by atoms with van der Waals surface area (Å²) in [4.78, 5) is 18.4. The third-order valence-electron chi connectivity index (χ3n) is 4.57. The Hall–Kier alpha value is -2.14. The van der Waals surface area contributed by atoms with E-state index in [1.807, 2.05) is 20.8 Å². The molecule has 5 heteroatoms. The van der Waals surface area contributed by atoms with Gasteiger partial charge in [-0.2, -0.15) is 0 Å². The first-order valence-corrected chi connectivity index (χ1v) is 9.15. The molecule has 2 heterocycles. The molecule has 0 aliphatic carbocycles. The van der Waals surface area contributed by atoms with Gasteiger partial charge in [0.25, 0.3) is 5.91 Å². The van der Waals surface area contributed by atoms with Crippen LogP contribution < -0.4 is 5.32 Å². The minimum atomic E-state index is -0.0858. The van der Waals surface area contributed by atoms with E-state index < -0.39 is 0 Å². The van der Waals surface area contributed by atoms with Gasteiger partial charge in [0, 0.05) is 22.3 Å². The summed E-state index contributed by atoms with van der Waals surface area (Å²) in [6, 6.07) is 6.47. The summed E-state index contributed by atoms with van der Waals surface area (Å²) < 4.78 is 2.09. The minimum absolute atomic E-state index is 0.0858. The number of anilines is 1. The Kier molecular flexibility index (Phi) is 4.45. The number of benzene rings is 1. The summed E-state index contributed by atoms with van der Waals surface area (Å²) in [7, 11) is 0. The number of hydrogen-bond donors (Lipinski definition) is 1. The lowest BCUT2D eigenvalue weighted by Crippen LogP contribution is -2.17. The second kappa shape index (κ2) is 6.40. The number of fused-ring (bicyclic) bond motifs is 1. The quantitative estimate of drug-likeness (QED) is 0.737. The van der Waals surface area contributed by atoms with Crippen molar-refractivity contribution in [2.24, 2.45) is 0 Å². The molecule has 3 aromatic rings. The number of hydrogen-bond acceptors (Lipinski definition) is 3. The topological polar surface area (TPSA) is 46.9 Å². The van der Waals surface area contributed by atoms with Gasteiger partial charge in [-0.05, 0) is 57.4 Å². The van der Waals surface area contributed by atoms with Crippen molar-refractivity contribution in [2.75, 3.05) is 5.32 Å². The standard InChI is InChI=1S/C19H23N3OS/c1-6-14-8-9-16-15(10-14)11(3)17(22(16)7-2)18(23)21-19-20-12(4)13(5)24-19/h8-10H,6-7H2,1-5H3,(H,20,21,23). The molecular formula is C19H23N3OS. The van der Waals surface area contributed by atoms with Gasteiger partial charge in [-0.15, -0.1) is 11.3 Å². The lowest BCUT2D eigenvalue weighted by Gasteiger charge is -2.08. The molecule has 1 N–H and O–H groups in total. The van der Waals surface area contributed by atoms with Crippen LogP contribution in [0, 0.1) is 20.8 Å². The summed E-state index contributed by atoms with van der Waals surface area (Å²) >= 11 is 1.52. The lowest BCUT2D eigenvalue weighted by atomic mass is 10.1. The van der Waals surface area contributed by atoms with Gasteiger partial charge in [0.05, 0.1) is 5.69 Å². The monoisotopic (exact) mass is 341 g/mol. The molecule has 2 aromatic heterocycles. The molecule has 1 amide bonds. The van der Waals surface area contributed by atoms with Crippen molar-refractivity contribution in [1.29, 1.82) is 0 Å². The highest BCUT2D eigenvalue weighted by Gasteiger charge is 2.20. The molecule has 0 saturated heterocycles. The van der Waals surface area contributed by atoms with Gasteiger partial charge in [-0.25, -0.2) is 4.98 Å². The normalized spacial score (nSPS) is 11.2. The van der Waals surface area contributed by atoms with Crippen molar-refractivity contribution in [3.63, 3.8) is 0 Å². The lowest BCUT2D eigenvalue weighted by molar-refractivity contribution is 0.101. The van der Waals surface area contributed by atoms with E-state index in [-0.39, 0.29) is 5.91 Å². The van der Waals surface area contributed by atoms with E-state index in [0.29, 0.717) is 5.13 Å². The molecule has 0 bridgehead atoms. The smallest absolute Gasteiger partial charge is 0.274 e. The van der Waals surface area contributed by atoms with E-state index in [1.54, 1.807) is 0 Å². The molecule has 0 unspecified atom stereocenters. The first-order chi connectivity index (χ1) is 11.5. The fraction of sp³-hybridized carbons (Fsp3) is 0.368.